The molecule has 1 aromatic carbocycles. The van der Waals surface area contributed by atoms with E-state index in [1.807, 2.05) is 6.92 Å². The third kappa shape index (κ3) is 3.51. The van der Waals surface area contributed by atoms with Crippen LogP contribution in [0.2, 0.25) is 0 Å². The minimum Gasteiger partial charge on any atom is -0.480 e. The summed E-state index contributed by atoms with van der Waals surface area (Å²) >= 11 is 0. The van der Waals surface area contributed by atoms with Crippen LogP contribution in [-0.4, -0.2) is 40.8 Å². The number of nitrogens with zero attached hydrogens (tertiary/aromatic N) is 1. The first-order chi connectivity index (χ1) is 8.10. The minimum absolute atomic E-state index is 0.112. The number of hydrogen-bond acceptors (Lipinski definition) is 3. The normalized spacial score (nSPS) is 12.7. The molecule has 17 heavy (non-hydrogen) atoms. The maximum absolute atomic E-state index is 12.8. The predicted molar refractivity (Wildman–Crippen MR) is 61.1 cm³/mol. The van der Waals surface area contributed by atoms with Crippen molar-refractivity contribution < 1.29 is 19.4 Å². The van der Waals surface area contributed by atoms with Gasteiger partial charge < -0.3 is 10.2 Å². The Hall–Kier alpha value is -1.46. The van der Waals surface area contributed by atoms with E-state index in [0.717, 1.165) is 0 Å². The van der Waals surface area contributed by atoms with Crippen molar-refractivity contribution >= 4 is 5.97 Å². The second-order valence-electron chi connectivity index (χ2n) is 3.64. The number of carbonyl (C=O) groups is 1. The van der Waals surface area contributed by atoms with Gasteiger partial charge in [-0.1, -0.05) is 19.1 Å². The number of aliphatic carboxylic acids is 1. The molecule has 0 aliphatic heterocycles. The van der Waals surface area contributed by atoms with Gasteiger partial charge in [-0.05, 0) is 24.2 Å². The Bertz CT molecular complexity index is 367. The molecule has 0 spiro atoms. The third-order valence-corrected chi connectivity index (χ3v) is 2.58. The lowest BCUT2D eigenvalue weighted by atomic mass is 10.1. The summed E-state index contributed by atoms with van der Waals surface area (Å²) in [4.78, 5) is 12.9. The zero-order chi connectivity index (χ0) is 12.8. The summed E-state index contributed by atoms with van der Waals surface area (Å²) in [7, 11) is 0. The third-order valence-electron chi connectivity index (χ3n) is 2.58. The number of carboxylic acid groups (broad SMARTS) is 1. The number of likely N-dealkylation sites (N-methyl/N-ethyl adjacent to an activating group) is 1. The molecule has 0 saturated carbocycles. The maximum atomic E-state index is 12.8. The smallest absolute Gasteiger partial charge is 0.325 e. The summed E-state index contributed by atoms with van der Waals surface area (Å²) in [6, 6.07) is 4.52. The van der Waals surface area contributed by atoms with E-state index < -0.39 is 17.8 Å². The van der Waals surface area contributed by atoms with E-state index in [1.54, 1.807) is 4.90 Å². The van der Waals surface area contributed by atoms with Crippen LogP contribution in [0, 0.1) is 5.82 Å². The predicted octanol–water partition coefficient (Wildman–Crippen LogP) is 1.27. The van der Waals surface area contributed by atoms with Gasteiger partial charge in [0.05, 0.1) is 6.61 Å². The number of rotatable bonds is 6. The summed E-state index contributed by atoms with van der Waals surface area (Å²) in [6.07, 6.45) is 0. The van der Waals surface area contributed by atoms with Crippen molar-refractivity contribution in [1.82, 2.24) is 4.90 Å². The molecule has 2 N–H and O–H groups in total. The zero-order valence-corrected chi connectivity index (χ0v) is 9.64. The summed E-state index contributed by atoms with van der Waals surface area (Å²) < 4.78 is 12.8. The molecule has 1 rings (SSSR count). The Morgan fingerprint density at radius 2 is 2.00 bits per heavy atom. The second kappa shape index (κ2) is 6.32. The Balaban J connectivity index is 2.99. The lowest BCUT2D eigenvalue weighted by molar-refractivity contribution is -0.143. The van der Waals surface area contributed by atoms with Gasteiger partial charge in [0.15, 0.2) is 0 Å². The van der Waals surface area contributed by atoms with E-state index in [1.165, 1.54) is 24.3 Å². The topological polar surface area (TPSA) is 60.8 Å². The Labute approximate surface area is 99.3 Å². The van der Waals surface area contributed by atoms with E-state index in [4.69, 9.17) is 5.11 Å². The molecular weight excluding hydrogens is 225 g/mol. The van der Waals surface area contributed by atoms with Crippen molar-refractivity contribution in [3.63, 3.8) is 0 Å². The lowest BCUT2D eigenvalue weighted by Gasteiger charge is -2.27. The van der Waals surface area contributed by atoms with E-state index in [2.05, 4.69) is 0 Å². The van der Waals surface area contributed by atoms with Crippen LogP contribution >= 0.6 is 0 Å². The first-order valence-corrected chi connectivity index (χ1v) is 5.43. The van der Waals surface area contributed by atoms with Crippen LogP contribution in [0.4, 0.5) is 4.39 Å². The van der Waals surface area contributed by atoms with E-state index in [-0.39, 0.29) is 13.2 Å². The molecule has 1 unspecified atom stereocenters. The maximum Gasteiger partial charge on any atom is 0.325 e. The quantitative estimate of drug-likeness (QED) is 0.787. The highest BCUT2D eigenvalue weighted by Gasteiger charge is 2.25. The average Bonchev–Trinajstić information content (AvgIpc) is 2.30. The monoisotopic (exact) mass is 241 g/mol. The number of aliphatic hydroxyl groups excluding tert-OH is 1. The highest BCUT2D eigenvalue weighted by molar-refractivity contribution is 5.75. The fourth-order valence-electron chi connectivity index (χ4n) is 1.75. The zero-order valence-electron chi connectivity index (χ0n) is 9.64. The Morgan fingerprint density at radius 1 is 1.41 bits per heavy atom. The van der Waals surface area contributed by atoms with Crippen LogP contribution in [-0.2, 0) is 4.79 Å². The molecule has 0 radical (unpaired) electrons. The number of benzene rings is 1. The van der Waals surface area contributed by atoms with Gasteiger partial charge in [-0.25, -0.2) is 4.39 Å². The van der Waals surface area contributed by atoms with Gasteiger partial charge in [0.2, 0.25) is 0 Å². The van der Waals surface area contributed by atoms with E-state index in [9.17, 15) is 14.3 Å². The standard InChI is InChI=1S/C12H16FNO3/c1-2-14(7-8-15)11(12(16)17)9-3-5-10(13)6-4-9/h3-6,11,15H,2,7-8H2,1H3,(H,16,17). The van der Waals surface area contributed by atoms with Crippen LogP contribution in [0.25, 0.3) is 0 Å². The molecule has 0 aromatic heterocycles. The molecule has 0 aliphatic rings. The highest BCUT2D eigenvalue weighted by Crippen LogP contribution is 2.21. The van der Waals surface area contributed by atoms with Crippen LogP contribution in [0.1, 0.15) is 18.5 Å². The average molecular weight is 241 g/mol. The summed E-state index contributed by atoms with van der Waals surface area (Å²) in [6.45, 7) is 2.47. The molecule has 0 aliphatic carbocycles. The number of aliphatic hydroxyl groups is 1. The van der Waals surface area contributed by atoms with Crippen molar-refractivity contribution in [2.24, 2.45) is 0 Å². The van der Waals surface area contributed by atoms with Crippen LogP contribution in [0.15, 0.2) is 24.3 Å². The molecule has 0 amide bonds. The summed E-state index contributed by atoms with van der Waals surface area (Å²) in [5, 5.41) is 18.1. The summed E-state index contributed by atoms with van der Waals surface area (Å²) in [5.41, 5.74) is 0.509. The molecule has 0 bridgehead atoms. The van der Waals surface area contributed by atoms with Crippen molar-refractivity contribution in [3.05, 3.63) is 35.6 Å². The van der Waals surface area contributed by atoms with Crippen molar-refractivity contribution in [3.8, 4) is 0 Å². The number of carboxylic acids is 1. The van der Waals surface area contributed by atoms with Gasteiger partial charge >= 0.3 is 5.97 Å². The van der Waals surface area contributed by atoms with Crippen molar-refractivity contribution in [1.29, 1.82) is 0 Å². The minimum atomic E-state index is -1.01. The first kappa shape index (κ1) is 13.6. The van der Waals surface area contributed by atoms with E-state index in [0.29, 0.717) is 12.1 Å². The van der Waals surface area contributed by atoms with Gasteiger partial charge in [0.25, 0.3) is 0 Å². The molecule has 4 nitrogen and oxygen atoms in total. The van der Waals surface area contributed by atoms with Gasteiger partial charge in [-0.3, -0.25) is 9.69 Å². The number of halogens is 1. The summed E-state index contributed by atoms with van der Waals surface area (Å²) in [5.74, 6) is -1.41. The first-order valence-electron chi connectivity index (χ1n) is 5.43. The largest absolute Gasteiger partial charge is 0.480 e. The lowest BCUT2D eigenvalue weighted by Crippen LogP contribution is -2.36. The SMILES string of the molecule is CCN(CCO)C(C(=O)O)c1ccc(F)cc1. The molecular formula is C12H16FNO3. The number of hydrogen-bond donors (Lipinski definition) is 2. The fourth-order valence-corrected chi connectivity index (χ4v) is 1.75. The molecule has 1 aromatic rings. The molecule has 1 atom stereocenters. The molecule has 0 heterocycles. The van der Waals surface area contributed by atoms with E-state index >= 15 is 0 Å². The molecule has 5 heteroatoms. The van der Waals surface area contributed by atoms with Gasteiger partial charge in [-0.15, -0.1) is 0 Å². The van der Waals surface area contributed by atoms with Gasteiger partial charge in [0, 0.05) is 6.54 Å². The van der Waals surface area contributed by atoms with Gasteiger partial charge in [-0.2, -0.15) is 0 Å². The van der Waals surface area contributed by atoms with Crippen LogP contribution in [0.3, 0.4) is 0 Å². The Morgan fingerprint density at radius 3 is 2.41 bits per heavy atom. The van der Waals surface area contributed by atoms with Crippen LogP contribution in [0.5, 0.6) is 0 Å². The molecule has 94 valence electrons. The molecule has 0 fully saturated rings. The van der Waals surface area contributed by atoms with Gasteiger partial charge in [0.1, 0.15) is 11.9 Å². The van der Waals surface area contributed by atoms with Crippen LogP contribution < -0.4 is 0 Å². The second-order valence-corrected chi connectivity index (χ2v) is 3.64. The fraction of sp³-hybridized carbons (Fsp3) is 0.417. The Kier molecular flexibility index (Phi) is 5.06. The van der Waals surface area contributed by atoms with Crippen molar-refractivity contribution in [2.75, 3.05) is 19.7 Å². The highest BCUT2D eigenvalue weighted by atomic mass is 19.1. The molecule has 0 saturated heterocycles. The van der Waals surface area contributed by atoms with Crippen molar-refractivity contribution in [2.45, 2.75) is 13.0 Å².